The zero-order valence-corrected chi connectivity index (χ0v) is 11.8. The van der Waals surface area contributed by atoms with Gasteiger partial charge in [0, 0.05) is 0 Å². The number of benzene rings is 1. The summed E-state index contributed by atoms with van der Waals surface area (Å²) in [5.74, 6) is 0. The Bertz CT molecular complexity index is 387. The topological polar surface area (TPSA) is 207 Å². The SMILES string of the molecule is CN.CN.CN.O=[N+]([O-])c1cc([N+](=O)[O-])cc([N+](=O)[O-])c1. The lowest BCUT2D eigenvalue weighted by molar-refractivity contribution is -0.403. The van der Waals surface area contributed by atoms with Gasteiger partial charge >= 0.3 is 0 Å². The van der Waals surface area contributed by atoms with Gasteiger partial charge in [-0.05, 0) is 21.1 Å². The molecule has 0 amide bonds. The maximum absolute atomic E-state index is 10.3. The second kappa shape index (κ2) is 13.7. The van der Waals surface area contributed by atoms with Crippen molar-refractivity contribution < 1.29 is 14.8 Å². The van der Waals surface area contributed by atoms with Crippen LogP contribution in [0.15, 0.2) is 18.2 Å². The van der Waals surface area contributed by atoms with Crippen molar-refractivity contribution in [3.8, 4) is 0 Å². The van der Waals surface area contributed by atoms with Gasteiger partial charge < -0.3 is 17.2 Å². The number of nitro benzene ring substituents is 3. The average Bonchev–Trinajstić information content (AvgIpc) is 2.52. The summed E-state index contributed by atoms with van der Waals surface area (Å²) in [5, 5.41) is 30.9. The number of nitrogens with zero attached hydrogens (tertiary/aromatic N) is 3. The van der Waals surface area contributed by atoms with Crippen molar-refractivity contribution in [2.45, 2.75) is 0 Å². The number of hydrogen-bond donors (Lipinski definition) is 3. The molecule has 0 aliphatic heterocycles. The second-order valence-corrected chi connectivity index (χ2v) is 2.48. The Kier molecular flexibility index (Phi) is 15.3. The number of rotatable bonds is 3. The third-order valence-corrected chi connectivity index (χ3v) is 1.52. The minimum atomic E-state index is -0.931. The Morgan fingerprint density at radius 2 is 0.762 bits per heavy atom. The summed E-state index contributed by atoms with van der Waals surface area (Å²) in [4.78, 5) is 28.1. The van der Waals surface area contributed by atoms with Crippen LogP contribution in [0.5, 0.6) is 0 Å². The molecule has 120 valence electrons. The number of non-ortho nitro benzene ring substituents is 3. The lowest BCUT2D eigenvalue weighted by Crippen LogP contribution is -1.96. The van der Waals surface area contributed by atoms with Crippen LogP contribution in [-0.2, 0) is 0 Å². The molecule has 12 heteroatoms. The Hall–Kier alpha value is -2.70. The molecule has 0 aliphatic carbocycles. The molecule has 0 bridgehead atoms. The van der Waals surface area contributed by atoms with Crippen LogP contribution in [-0.4, -0.2) is 35.9 Å². The van der Waals surface area contributed by atoms with Crippen LogP contribution in [0.2, 0.25) is 0 Å². The van der Waals surface area contributed by atoms with Crippen molar-refractivity contribution in [1.29, 1.82) is 0 Å². The molecule has 0 unspecified atom stereocenters. The first-order valence-corrected chi connectivity index (χ1v) is 5.23. The van der Waals surface area contributed by atoms with E-state index in [9.17, 15) is 30.3 Å². The van der Waals surface area contributed by atoms with Gasteiger partial charge in [-0.3, -0.25) is 30.3 Å². The highest BCUT2D eigenvalue weighted by atomic mass is 16.6. The number of nitro groups is 3. The highest BCUT2D eigenvalue weighted by molar-refractivity contribution is 5.52. The molecule has 0 atom stereocenters. The summed E-state index contributed by atoms with van der Waals surface area (Å²) in [6.07, 6.45) is 0. The molecule has 21 heavy (non-hydrogen) atoms. The molecule has 0 saturated heterocycles. The fourth-order valence-corrected chi connectivity index (χ4v) is 0.896. The molecule has 1 aromatic rings. The quantitative estimate of drug-likeness (QED) is 0.511. The van der Waals surface area contributed by atoms with Crippen LogP contribution in [0.1, 0.15) is 0 Å². The van der Waals surface area contributed by atoms with Crippen LogP contribution in [0.4, 0.5) is 17.1 Å². The standard InChI is InChI=1S/C6H3N3O6.3CH5N/c10-7(11)4-1-5(8(12)13)3-6(2-4)9(14)15;3*1-2/h1-3H;3*2H2,1H3. The predicted octanol–water partition coefficient (Wildman–Crippen LogP) is 0.136. The smallest absolute Gasteiger partial charge is 0.283 e. The predicted molar refractivity (Wildman–Crippen MR) is 76.7 cm³/mol. The molecule has 0 radical (unpaired) electrons. The Morgan fingerprint density at radius 3 is 0.857 bits per heavy atom. The molecule has 0 aliphatic rings. The first kappa shape index (κ1) is 23.4. The van der Waals surface area contributed by atoms with E-state index < -0.39 is 31.8 Å². The molecule has 0 spiro atoms. The number of hydrogen-bond acceptors (Lipinski definition) is 9. The molecule has 0 fully saturated rings. The van der Waals surface area contributed by atoms with Crippen molar-refractivity contribution in [2.24, 2.45) is 17.2 Å². The van der Waals surface area contributed by atoms with Gasteiger partial charge in [0.2, 0.25) is 0 Å². The van der Waals surface area contributed by atoms with Crippen LogP contribution >= 0.6 is 0 Å². The van der Waals surface area contributed by atoms with Gasteiger partial charge in [-0.1, -0.05) is 0 Å². The summed E-state index contributed by atoms with van der Waals surface area (Å²) in [6, 6.07) is 1.98. The van der Waals surface area contributed by atoms with Crippen molar-refractivity contribution in [3.63, 3.8) is 0 Å². The lowest BCUT2D eigenvalue weighted by Gasteiger charge is -1.93. The van der Waals surface area contributed by atoms with E-state index in [1.165, 1.54) is 21.1 Å². The molecule has 0 aromatic heterocycles. The Morgan fingerprint density at radius 1 is 0.619 bits per heavy atom. The van der Waals surface area contributed by atoms with Gasteiger partial charge in [-0.2, -0.15) is 0 Å². The van der Waals surface area contributed by atoms with Gasteiger partial charge in [0.1, 0.15) is 0 Å². The summed E-state index contributed by atoms with van der Waals surface area (Å²) >= 11 is 0. The van der Waals surface area contributed by atoms with Crippen molar-refractivity contribution in [3.05, 3.63) is 48.5 Å². The normalized spacial score (nSPS) is 7.71. The van der Waals surface area contributed by atoms with E-state index in [1.807, 2.05) is 0 Å². The second-order valence-electron chi connectivity index (χ2n) is 2.48. The highest BCUT2D eigenvalue weighted by Crippen LogP contribution is 2.26. The van der Waals surface area contributed by atoms with Gasteiger partial charge in [0.25, 0.3) is 17.1 Å². The van der Waals surface area contributed by atoms with E-state index in [1.54, 1.807) is 0 Å². The monoisotopic (exact) mass is 306 g/mol. The summed E-state index contributed by atoms with van der Waals surface area (Å²) in [5.41, 5.74) is 11.4. The Labute approximate surface area is 120 Å². The van der Waals surface area contributed by atoms with Crippen LogP contribution in [0, 0.1) is 30.3 Å². The van der Waals surface area contributed by atoms with E-state index >= 15 is 0 Å². The fraction of sp³-hybridized carbons (Fsp3) is 0.333. The van der Waals surface area contributed by atoms with Gasteiger partial charge in [0.15, 0.2) is 0 Å². The van der Waals surface area contributed by atoms with Gasteiger partial charge in [-0.15, -0.1) is 0 Å². The molecule has 6 N–H and O–H groups in total. The molecule has 0 saturated carbocycles. The maximum atomic E-state index is 10.3. The van der Waals surface area contributed by atoms with Crippen LogP contribution < -0.4 is 17.2 Å². The molecular formula is C9H18N6O6. The van der Waals surface area contributed by atoms with E-state index in [0.717, 1.165) is 0 Å². The molecule has 12 nitrogen and oxygen atoms in total. The third kappa shape index (κ3) is 8.93. The highest BCUT2D eigenvalue weighted by Gasteiger charge is 2.21. The van der Waals surface area contributed by atoms with E-state index in [4.69, 9.17) is 0 Å². The molecular weight excluding hydrogens is 288 g/mol. The maximum Gasteiger partial charge on any atom is 0.283 e. The van der Waals surface area contributed by atoms with Crippen molar-refractivity contribution in [1.82, 2.24) is 0 Å². The third-order valence-electron chi connectivity index (χ3n) is 1.52. The summed E-state index contributed by atoms with van der Waals surface area (Å²) < 4.78 is 0. The molecule has 0 heterocycles. The zero-order chi connectivity index (χ0) is 17.6. The van der Waals surface area contributed by atoms with Crippen LogP contribution in [0.25, 0.3) is 0 Å². The fourth-order valence-electron chi connectivity index (χ4n) is 0.896. The molecule has 1 aromatic carbocycles. The van der Waals surface area contributed by atoms with Crippen LogP contribution in [0.3, 0.4) is 0 Å². The lowest BCUT2D eigenvalue weighted by atomic mass is 10.2. The minimum Gasteiger partial charge on any atom is -0.333 e. The number of nitrogens with two attached hydrogens (primary N) is 3. The van der Waals surface area contributed by atoms with E-state index in [2.05, 4.69) is 17.2 Å². The van der Waals surface area contributed by atoms with E-state index in [0.29, 0.717) is 18.2 Å². The van der Waals surface area contributed by atoms with Crippen molar-refractivity contribution in [2.75, 3.05) is 21.1 Å². The zero-order valence-electron chi connectivity index (χ0n) is 11.8. The summed E-state index contributed by atoms with van der Waals surface area (Å²) in [6.45, 7) is 0. The first-order valence-electron chi connectivity index (χ1n) is 5.23. The average molecular weight is 306 g/mol. The summed E-state index contributed by atoms with van der Waals surface area (Å²) in [7, 11) is 4.50. The first-order chi connectivity index (χ1) is 9.91. The van der Waals surface area contributed by atoms with Gasteiger partial charge in [0.05, 0.1) is 33.0 Å². The van der Waals surface area contributed by atoms with E-state index in [-0.39, 0.29) is 0 Å². The van der Waals surface area contributed by atoms with Crippen molar-refractivity contribution >= 4 is 17.1 Å². The van der Waals surface area contributed by atoms with Gasteiger partial charge in [-0.25, -0.2) is 0 Å². The molecule has 1 rings (SSSR count). The largest absolute Gasteiger partial charge is 0.333 e. The minimum absolute atomic E-state index is 0.660. The Balaban J connectivity index is -0.000000478.